The zero-order chi connectivity index (χ0) is 13.4. The van der Waals surface area contributed by atoms with E-state index in [1.54, 1.807) is 12.4 Å². The van der Waals surface area contributed by atoms with Crippen molar-refractivity contribution in [1.29, 1.82) is 0 Å². The summed E-state index contributed by atoms with van der Waals surface area (Å²) in [7, 11) is 0. The van der Waals surface area contributed by atoms with E-state index in [9.17, 15) is 0 Å². The molecule has 3 heterocycles. The second-order valence-electron chi connectivity index (χ2n) is 4.68. The summed E-state index contributed by atoms with van der Waals surface area (Å²) in [5.74, 6) is 0. The highest BCUT2D eigenvalue weighted by Crippen LogP contribution is 2.26. The average Bonchev–Trinajstić information content (AvgIpc) is 2.55. The molecule has 0 radical (unpaired) electrons. The van der Waals surface area contributed by atoms with Gasteiger partial charge in [0.1, 0.15) is 0 Å². The van der Waals surface area contributed by atoms with Crippen molar-refractivity contribution in [2.45, 2.75) is 0 Å². The number of benzene rings is 1. The van der Waals surface area contributed by atoms with Gasteiger partial charge in [-0.3, -0.25) is 15.0 Å². The predicted octanol–water partition coefficient (Wildman–Crippen LogP) is 3.85. The van der Waals surface area contributed by atoms with Crippen LogP contribution in [0.1, 0.15) is 0 Å². The highest BCUT2D eigenvalue weighted by atomic mass is 14.7. The monoisotopic (exact) mass is 257 g/mol. The highest BCUT2D eigenvalue weighted by molar-refractivity contribution is 6.03. The van der Waals surface area contributed by atoms with Crippen LogP contribution in [-0.4, -0.2) is 15.0 Å². The minimum atomic E-state index is 0.941. The summed E-state index contributed by atoms with van der Waals surface area (Å²) in [4.78, 5) is 13.2. The lowest BCUT2D eigenvalue weighted by atomic mass is 10.1. The summed E-state index contributed by atoms with van der Waals surface area (Å²) in [5.41, 5.74) is 4.03. The molecule has 0 bridgehead atoms. The number of aromatic nitrogens is 3. The van der Waals surface area contributed by atoms with Crippen molar-refractivity contribution in [2.75, 3.05) is 0 Å². The number of hydrogen-bond acceptors (Lipinski definition) is 3. The summed E-state index contributed by atoms with van der Waals surface area (Å²) in [6.45, 7) is 0. The van der Waals surface area contributed by atoms with E-state index in [0.29, 0.717) is 0 Å². The van der Waals surface area contributed by atoms with Crippen molar-refractivity contribution in [1.82, 2.24) is 15.0 Å². The van der Waals surface area contributed by atoms with Crippen LogP contribution < -0.4 is 0 Å². The van der Waals surface area contributed by atoms with Crippen LogP contribution in [0.25, 0.3) is 32.9 Å². The summed E-state index contributed by atoms with van der Waals surface area (Å²) in [5, 5.41) is 2.21. The number of hydrogen-bond donors (Lipinski definition) is 0. The van der Waals surface area contributed by atoms with Gasteiger partial charge in [0.15, 0.2) is 0 Å². The van der Waals surface area contributed by atoms with Gasteiger partial charge >= 0.3 is 0 Å². The maximum absolute atomic E-state index is 4.60. The molecular formula is C17H11N3. The van der Waals surface area contributed by atoms with Crippen LogP contribution in [0.4, 0.5) is 0 Å². The van der Waals surface area contributed by atoms with E-state index in [1.165, 1.54) is 0 Å². The van der Waals surface area contributed by atoms with Gasteiger partial charge < -0.3 is 0 Å². The molecule has 3 heteroatoms. The second-order valence-corrected chi connectivity index (χ2v) is 4.68. The molecular weight excluding hydrogens is 246 g/mol. The Hall–Kier alpha value is -2.81. The van der Waals surface area contributed by atoms with Crippen molar-refractivity contribution in [3.05, 3.63) is 67.3 Å². The Bertz CT molecular complexity index is 901. The van der Waals surface area contributed by atoms with Gasteiger partial charge in [0, 0.05) is 46.7 Å². The first-order chi connectivity index (χ1) is 9.92. The number of pyridine rings is 3. The number of rotatable bonds is 1. The largest absolute Gasteiger partial charge is 0.264 e. The molecule has 0 N–H and O–H groups in total. The van der Waals surface area contributed by atoms with Gasteiger partial charge in [0.2, 0.25) is 0 Å². The topological polar surface area (TPSA) is 38.7 Å². The van der Waals surface area contributed by atoms with E-state index < -0.39 is 0 Å². The Kier molecular flexibility index (Phi) is 2.42. The van der Waals surface area contributed by atoms with Gasteiger partial charge in [-0.25, -0.2) is 0 Å². The lowest BCUT2D eigenvalue weighted by Gasteiger charge is -2.05. The van der Waals surface area contributed by atoms with E-state index in [1.807, 2.05) is 30.6 Å². The van der Waals surface area contributed by atoms with Gasteiger partial charge in [-0.1, -0.05) is 24.3 Å². The second kappa shape index (κ2) is 4.38. The Morgan fingerprint density at radius 3 is 2.40 bits per heavy atom. The first-order valence-corrected chi connectivity index (χ1v) is 6.46. The summed E-state index contributed by atoms with van der Waals surface area (Å²) in [6.07, 6.45) is 7.31. The van der Waals surface area contributed by atoms with Crippen molar-refractivity contribution in [3.63, 3.8) is 0 Å². The van der Waals surface area contributed by atoms with E-state index in [-0.39, 0.29) is 0 Å². The van der Waals surface area contributed by atoms with Crippen LogP contribution in [0.2, 0.25) is 0 Å². The summed E-state index contributed by atoms with van der Waals surface area (Å²) >= 11 is 0. The molecule has 0 unspecified atom stereocenters. The molecule has 0 aliphatic rings. The lowest BCUT2D eigenvalue weighted by molar-refractivity contribution is 1.32. The van der Waals surface area contributed by atoms with Crippen LogP contribution in [0.5, 0.6) is 0 Å². The van der Waals surface area contributed by atoms with Gasteiger partial charge in [0.05, 0.1) is 11.0 Å². The normalized spacial score (nSPS) is 11.0. The zero-order valence-electron chi connectivity index (χ0n) is 10.7. The third-order valence-electron chi connectivity index (χ3n) is 3.42. The number of fused-ring (bicyclic) bond motifs is 3. The van der Waals surface area contributed by atoms with Crippen molar-refractivity contribution in [2.24, 2.45) is 0 Å². The molecule has 94 valence electrons. The molecule has 0 spiro atoms. The molecule has 1 aromatic carbocycles. The van der Waals surface area contributed by atoms with Crippen LogP contribution in [0, 0.1) is 0 Å². The van der Waals surface area contributed by atoms with Gasteiger partial charge in [0.25, 0.3) is 0 Å². The predicted molar refractivity (Wildman–Crippen MR) is 80.3 cm³/mol. The molecule has 0 aliphatic carbocycles. The summed E-state index contributed by atoms with van der Waals surface area (Å²) < 4.78 is 0. The molecule has 0 saturated carbocycles. The van der Waals surface area contributed by atoms with Crippen molar-refractivity contribution >= 4 is 21.8 Å². The molecule has 0 amide bonds. The fraction of sp³-hybridized carbons (Fsp3) is 0. The SMILES string of the molecule is c1cncc(-c2cnc3c(ccc4cccnc43)c2)c1. The molecule has 0 fully saturated rings. The Labute approximate surface area is 116 Å². The van der Waals surface area contributed by atoms with E-state index in [4.69, 9.17) is 0 Å². The molecule has 4 rings (SSSR count). The minimum Gasteiger partial charge on any atom is -0.264 e. The maximum Gasteiger partial charge on any atom is 0.0964 e. The van der Waals surface area contributed by atoms with E-state index in [2.05, 4.69) is 39.2 Å². The van der Waals surface area contributed by atoms with Crippen LogP contribution >= 0.6 is 0 Å². The quantitative estimate of drug-likeness (QED) is 0.486. The molecule has 0 atom stereocenters. The molecule has 0 saturated heterocycles. The number of nitrogens with zero attached hydrogens (tertiary/aromatic N) is 3. The van der Waals surface area contributed by atoms with E-state index >= 15 is 0 Å². The van der Waals surface area contributed by atoms with Crippen LogP contribution in [0.3, 0.4) is 0 Å². The Morgan fingerprint density at radius 1 is 0.650 bits per heavy atom. The standard InChI is InChI=1S/C17H11N3/c1-4-14(10-18-7-1)15-9-13-6-5-12-3-2-8-19-16(12)17(13)20-11-15/h1-11H. The first-order valence-electron chi connectivity index (χ1n) is 6.46. The Balaban J connectivity index is 1.99. The summed E-state index contributed by atoms with van der Waals surface area (Å²) in [6, 6.07) is 14.3. The van der Waals surface area contributed by atoms with Crippen molar-refractivity contribution in [3.8, 4) is 11.1 Å². The van der Waals surface area contributed by atoms with Crippen LogP contribution in [0.15, 0.2) is 67.3 Å². The molecule has 20 heavy (non-hydrogen) atoms. The van der Waals surface area contributed by atoms with Gasteiger partial charge in [-0.15, -0.1) is 0 Å². The lowest BCUT2D eigenvalue weighted by Crippen LogP contribution is -1.87. The third kappa shape index (κ3) is 1.72. The van der Waals surface area contributed by atoms with Gasteiger partial charge in [-0.2, -0.15) is 0 Å². The first kappa shape index (κ1) is 11.1. The third-order valence-corrected chi connectivity index (χ3v) is 3.42. The highest BCUT2D eigenvalue weighted by Gasteiger charge is 2.05. The smallest absolute Gasteiger partial charge is 0.0964 e. The Morgan fingerprint density at radius 2 is 1.50 bits per heavy atom. The minimum absolute atomic E-state index is 0.941. The fourth-order valence-electron chi connectivity index (χ4n) is 2.43. The van der Waals surface area contributed by atoms with E-state index in [0.717, 1.165) is 32.9 Å². The average molecular weight is 257 g/mol. The molecule has 4 aromatic rings. The molecule has 3 aromatic heterocycles. The molecule has 3 nitrogen and oxygen atoms in total. The zero-order valence-corrected chi connectivity index (χ0v) is 10.7. The van der Waals surface area contributed by atoms with Gasteiger partial charge in [-0.05, 0) is 18.2 Å². The van der Waals surface area contributed by atoms with Crippen molar-refractivity contribution < 1.29 is 0 Å². The van der Waals surface area contributed by atoms with Crippen LogP contribution in [-0.2, 0) is 0 Å². The fourth-order valence-corrected chi connectivity index (χ4v) is 2.43. The maximum atomic E-state index is 4.60. The molecule has 0 aliphatic heterocycles.